The Morgan fingerprint density at radius 3 is 2.82 bits per heavy atom. The fourth-order valence-corrected chi connectivity index (χ4v) is 2.69. The number of phenolic OH excluding ortho intramolecular Hbond substituents is 1. The van der Waals surface area contributed by atoms with Crippen LogP contribution in [0.25, 0.3) is 6.08 Å². The maximum atomic E-state index is 11.8. The maximum Gasteiger partial charge on any atom is 0.244 e. The van der Waals surface area contributed by atoms with Crippen LogP contribution >= 0.6 is 11.3 Å². The largest absolute Gasteiger partial charge is 0.504 e. The second-order valence-corrected chi connectivity index (χ2v) is 6.02. The monoisotopic (exact) mass is 318 g/mol. The number of aryl methyl sites for hydroxylation is 2. The second-order valence-electron chi connectivity index (χ2n) is 4.73. The zero-order chi connectivity index (χ0) is 16.1. The van der Waals surface area contributed by atoms with Crippen LogP contribution in [0.3, 0.4) is 0 Å². The summed E-state index contributed by atoms with van der Waals surface area (Å²) in [5.41, 5.74) is 1.72. The number of phenols is 1. The molecule has 2 N–H and O–H groups in total. The van der Waals surface area contributed by atoms with E-state index in [0.717, 1.165) is 21.1 Å². The first kappa shape index (κ1) is 16.0. The SMILES string of the molecule is COc1ccc(/C=C/C(=O)NCc2nc(C)c(C)s2)cc1O. The average Bonchev–Trinajstić information content (AvgIpc) is 2.82. The maximum absolute atomic E-state index is 11.8. The van der Waals surface area contributed by atoms with E-state index in [-0.39, 0.29) is 11.7 Å². The Labute approximate surface area is 133 Å². The molecule has 0 unspecified atom stereocenters. The summed E-state index contributed by atoms with van der Waals surface area (Å²) >= 11 is 1.58. The summed E-state index contributed by atoms with van der Waals surface area (Å²) < 4.78 is 4.97. The molecule has 6 heteroatoms. The van der Waals surface area contributed by atoms with Crippen molar-refractivity contribution in [2.24, 2.45) is 0 Å². The molecule has 116 valence electrons. The lowest BCUT2D eigenvalue weighted by molar-refractivity contribution is -0.116. The molecule has 2 aromatic rings. The lowest BCUT2D eigenvalue weighted by Gasteiger charge is -2.03. The summed E-state index contributed by atoms with van der Waals surface area (Å²) in [6.45, 7) is 4.37. The van der Waals surface area contributed by atoms with E-state index in [1.54, 1.807) is 29.5 Å². The number of amides is 1. The molecule has 0 aliphatic rings. The standard InChI is InChI=1S/C16H18N2O3S/c1-10-11(2)22-16(18-10)9-17-15(20)7-5-12-4-6-14(21-3)13(19)8-12/h4-8,19H,9H2,1-3H3,(H,17,20)/b7-5+. The number of methoxy groups -OCH3 is 1. The van der Waals surface area contributed by atoms with Crippen LogP contribution < -0.4 is 10.1 Å². The average molecular weight is 318 g/mol. The zero-order valence-corrected chi connectivity index (χ0v) is 13.5. The fraction of sp³-hybridized carbons (Fsp3) is 0.250. The summed E-state index contributed by atoms with van der Waals surface area (Å²) in [5, 5.41) is 13.3. The third-order valence-electron chi connectivity index (χ3n) is 3.12. The summed E-state index contributed by atoms with van der Waals surface area (Å²) in [6.07, 6.45) is 3.06. The van der Waals surface area contributed by atoms with E-state index in [2.05, 4.69) is 10.3 Å². The van der Waals surface area contributed by atoms with Crippen molar-refractivity contribution in [3.05, 3.63) is 45.4 Å². The number of ether oxygens (including phenoxy) is 1. The molecular weight excluding hydrogens is 300 g/mol. The van der Waals surface area contributed by atoms with E-state index in [1.165, 1.54) is 19.3 Å². The van der Waals surface area contributed by atoms with Crippen molar-refractivity contribution >= 4 is 23.3 Å². The number of hydrogen-bond donors (Lipinski definition) is 2. The summed E-state index contributed by atoms with van der Waals surface area (Å²) in [7, 11) is 1.49. The number of hydrogen-bond acceptors (Lipinski definition) is 5. The molecule has 1 aromatic carbocycles. The summed E-state index contributed by atoms with van der Waals surface area (Å²) in [6, 6.07) is 4.94. The Bertz CT molecular complexity index is 688. The van der Waals surface area contributed by atoms with Gasteiger partial charge in [0.2, 0.25) is 5.91 Å². The molecule has 22 heavy (non-hydrogen) atoms. The molecular formula is C16H18N2O3S. The normalized spacial score (nSPS) is 10.9. The molecule has 0 saturated carbocycles. The third kappa shape index (κ3) is 4.08. The first-order valence-electron chi connectivity index (χ1n) is 6.75. The van der Waals surface area contributed by atoms with Gasteiger partial charge in [-0.25, -0.2) is 4.98 Å². The smallest absolute Gasteiger partial charge is 0.244 e. The highest BCUT2D eigenvalue weighted by Gasteiger charge is 2.05. The first-order valence-corrected chi connectivity index (χ1v) is 7.57. The molecule has 0 aliphatic carbocycles. The van der Waals surface area contributed by atoms with Gasteiger partial charge >= 0.3 is 0 Å². The van der Waals surface area contributed by atoms with Gasteiger partial charge in [0.05, 0.1) is 19.3 Å². The van der Waals surface area contributed by atoms with Gasteiger partial charge < -0.3 is 15.2 Å². The number of rotatable bonds is 5. The first-order chi connectivity index (χ1) is 10.5. The van der Waals surface area contributed by atoms with Gasteiger partial charge in [0.1, 0.15) is 5.01 Å². The van der Waals surface area contributed by atoms with Crippen LogP contribution in [0.15, 0.2) is 24.3 Å². The van der Waals surface area contributed by atoms with Gasteiger partial charge in [-0.3, -0.25) is 4.79 Å². The molecule has 5 nitrogen and oxygen atoms in total. The minimum atomic E-state index is -0.208. The second kappa shape index (κ2) is 7.09. The van der Waals surface area contributed by atoms with Gasteiger partial charge in [0, 0.05) is 11.0 Å². The highest BCUT2D eigenvalue weighted by molar-refractivity contribution is 7.11. The number of benzene rings is 1. The van der Waals surface area contributed by atoms with Gasteiger partial charge in [-0.2, -0.15) is 0 Å². The Balaban J connectivity index is 1.92. The van der Waals surface area contributed by atoms with Gasteiger partial charge in [-0.05, 0) is 37.6 Å². The van der Waals surface area contributed by atoms with E-state index in [9.17, 15) is 9.90 Å². The van der Waals surface area contributed by atoms with Gasteiger partial charge in [0.15, 0.2) is 11.5 Å². The number of nitrogens with one attached hydrogen (secondary N) is 1. The number of carbonyl (C=O) groups is 1. The Hall–Kier alpha value is -2.34. The van der Waals surface area contributed by atoms with Crippen LogP contribution in [-0.2, 0) is 11.3 Å². The molecule has 0 fully saturated rings. The fourth-order valence-electron chi connectivity index (χ4n) is 1.82. The van der Waals surface area contributed by atoms with E-state index in [0.29, 0.717) is 12.3 Å². The number of aromatic hydroxyl groups is 1. The summed E-state index contributed by atoms with van der Waals surface area (Å²) in [5.74, 6) is 0.232. The molecule has 0 bridgehead atoms. The molecule has 1 heterocycles. The number of nitrogens with zero attached hydrogens (tertiary/aromatic N) is 1. The van der Waals surface area contributed by atoms with Crippen LogP contribution in [0.2, 0.25) is 0 Å². The Morgan fingerprint density at radius 2 is 2.23 bits per heavy atom. The molecule has 0 aliphatic heterocycles. The Morgan fingerprint density at radius 1 is 1.45 bits per heavy atom. The molecule has 0 radical (unpaired) electrons. The zero-order valence-electron chi connectivity index (χ0n) is 12.7. The molecule has 1 aromatic heterocycles. The van der Waals surface area contributed by atoms with Crippen molar-refractivity contribution in [3.63, 3.8) is 0 Å². The van der Waals surface area contributed by atoms with Gasteiger partial charge in [0.25, 0.3) is 0 Å². The van der Waals surface area contributed by atoms with Crippen LogP contribution in [-0.4, -0.2) is 23.1 Å². The van der Waals surface area contributed by atoms with Crippen molar-refractivity contribution < 1.29 is 14.6 Å². The molecule has 1 amide bonds. The van der Waals surface area contributed by atoms with Crippen LogP contribution in [0.4, 0.5) is 0 Å². The highest BCUT2D eigenvalue weighted by atomic mass is 32.1. The van der Waals surface area contributed by atoms with E-state index >= 15 is 0 Å². The van der Waals surface area contributed by atoms with Crippen molar-refractivity contribution in [2.75, 3.05) is 7.11 Å². The lowest BCUT2D eigenvalue weighted by atomic mass is 10.2. The van der Waals surface area contributed by atoms with Crippen LogP contribution in [0.5, 0.6) is 11.5 Å². The Kier molecular flexibility index (Phi) is 5.16. The van der Waals surface area contributed by atoms with E-state index in [1.807, 2.05) is 13.8 Å². The number of carbonyl (C=O) groups excluding carboxylic acids is 1. The van der Waals surface area contributed by atoms with Crippen molar-refractivity contribution in [1.29, 1.82) is 0 Å². The predicted octanol–water partition coefficient (Wildman–Crippen LogP) is 2.80. The lowest BCUT2D eigenvalue weighted by Crippen LogP contribution is -2.20. The molecule has 0 atom stereocenters. The predicted molar refractivity (Wildman–Crippen MR) is 87.1 cm³/mol. The topological polar surface area (TPSA) is 71.5 Å². The summed E-state index contributed by atoms with van der Waals surface area (Å²) in [4.78, 5) is 17.3. The van der Waals surface area contributed by atoms with Crippen molar-refractivity contribution in [3.8, 4) is 11.5 Å². The van der Waals surface area contributed by atoms with Crippen LogP contribution in [0, 0.1) is 13.8 Å². The van der Waals surface area contributed by atoms with E-state index < -0.39 is 0 Å². The molecule has 0 saturated heterocycles. The minimum absolute atomic E-state index is 0.0406. The quantitative estimate of drug-likeness (QED) is 0.832. The van der Waals surface area contributed by atoms with Crippen molar-refractivity contribution in [1.82, 2.24) is 10.3 Å². The van der Waals surface area contributed by atoms with Gasteiger partial charge in [-0.15, -0.1) is 11.3 Å². The minimum Gasteiger partial charge on any atom is -0.504 e. The third-order valence-corrected chi connectivity index (χ3v) is 4.19. The van der Waals surface area contributed by atoms with Crippen LogP contribution in [0.1, 0.15) is 21.1 Å². The molecule has 2 rings (SSSR count). The van der Waals surface area contributed by atoms with E-state index in [4.69, 9.17) is 4.74 Å². The number of aromatic nitrogens is 1. The van der Waals surface area contributed by atoms with Gasteiger partial charge in [-0.1, -0.05) is 6.07 Å². The number of thiazole rings is 1. The van der Waals surface area contributed by atoms with Crippen molar-refractivity contribution in [2.45, 2.75) is 20.4 Å². The molecule has 0 spiro atoms. The highest BCUT2D eigenvalue weighted by Crippen LogP contribution is 2.26.